The number of rotatable bonds is 5. The minimum absolute atomic E-state index is 0.0923. The van der Waals surface area contributed by atoms with Gasteiger partial charge in [0.1, 0.15) is 5.82 Å². The Morgan fingerprint density at radius 1 is 1.19 bits per heavy atom. The molecule has 1 amide bonds. The van der Waals surface area contributed by atoms with Crippen LogP contribution in [0.2, 0.25) is 0 Å². The van der Waals surface area contributed by atoms with Crippen LogP contribution in [0.3, 0.4) is 0 Å². The normalized spacial score (nSPS) is 17.8. The number of carbonyl (C=O) groups excluding carboxylic acids is 1. The third-order valence-electron chi connectivity index (χ3n) is 5.15. The Balaban J connectivity index is 1.66. The van der Waals surface area contributed by atoms with Crippen molar-refractivity contribution in [2.24, 2.45) is 0 Å². The molecule has 11 heteroatoms. The van der Waals surface area contributed by atoms with E-state index in [9.17, 15) is 18.0 Å². The van der Waals surface area contributed by atoms with Gasteiger partial charge >= 0.3 is 6.18 Å². The lowest BCUT2D eigenvalue weighted by Crippen LogP contribution is -2.35. The highest BCUT2D eigenvalue weighted by Gasteiger charge is 2.47. The predicted molar refractivity (Wildman–Crippen MR) is 110 cm³/mol. The van der Waals surface area contributed by atoms with Crippen LogP contribution in [-0.4, -0.2) is 41.1 Å². The standard InChI is InChI=1S/C21H20F3N5O3/c1-31-16-6-5-12(8-17(16)32-2)14-9-18(21(22,23)24)29-19(27-14)10-15(28-29)20(30)26-13-4-3-7-25-11-13/h3-8,10-11,14,18,27H,9H2,1-2H3,(H,26,30)/t14-,18+/m1/s1. The first-order chi connectivity index (χ1) is 15.3. The zero-order valence-electron chi connectivity index (χ0n) is 17.2. The summed E-state index contributed by atoms with van der Waals surface area (Å²) in [7, 11) is 2.93. The molecule has 2 N–H and O–H groups in total. The molecule has 0 fully saturated rings. The Labute approximate surface area is 181 Å². The van der Waals surface area contributed by atoms with Crippen LogP contribution in [0.4, 0.5) is 24.7 Å². The predicted octanol–water partition coefficient (Wildman–Crippen LogP) is 4.21. The quantitative estimate of drug-likeness (QED) is 0.609. The Morgan fingerprint density at radius 2 is 1.97 bits per heavy atom. The van der Waals surface area contributed by atoms with E-state index in [1.807, 2.05) is 0 Å². The zero-order chi connectivity index (χ0) is 22.9. The first kappa shape index (κ1) is 21.5. The van der Waals surface area contributed by atoms with Crippen molar-refractivity contribution in [1.82, 2.24) is 14.8 Å². The molecule has 0 aliphatic carbocycles. The molecule has 3 aromatic rings. The van der Waals surface area contributed by atoms with Gasteiger partial charge in [0, 0.05) is 18.7 Å². The minimum Gasteiger partial charge on any atom is -0.493 e. The molecule has 3 heterocycles. The fraction of sp³-hybridized carbons (Fsp3) is 0.286. The Morgan fingerprint density at radius 3 is 2.62 bits per heavy atom. The van der Waals surface area contributed by atoms with Crippen LogP contribution in [0.5, 0.6) is 11.5 Å². The summed E-state index contributed by atoms with van der Waals surface area (Å²) < 4.78 is 53.0. The fourth-order valence-electron chi connectivity index (χ4n) is 3.60. The summed E-state index contributed by atoms with van der Waals surface area (Å²) in [5.74, 6) is 0.338. The van der Waals surface area contributed by atoms with Gasteiger partial charge in [-0.15, -0.1) is 0 Å². The summed E-state index contributed by atoms with van der Waals surface area (Å²) in [5, 5.41) is 9.57. The lowest BCUT2D eigenvalue weighted by Gasteiger charge is -2.33. The molecule has 0 radical (unpaired) electrons. The largest absolute Gasteiger partial charge is 0.493 e. The van der Waals surface area contributed by atoms with Crippen molar-refractivity contribution in [3.8, 4) is 11.5 Å². The van der Waals surface area contributed by atoms with E-state index in [1.165, 1.54) is 32.7 Å². The maximum absolute atomic E-state index is 13.9. The first-order valence-corrected chi connectivity index (χ1v) is 9.66. The van der Waals surface area contributed by atoms with Crippen molar-refractivity contribution < 1.29 is 27.4 Å². The van der Waals surface area contributed by atoms with Crippen molar-refractivity contribution in [3.63, 3.8) is 0 Å². The second-order valence-electron chi connectivity index (χ2n) is 7.16. The fourth-order valence-corrected chi connectivity index (χ4v) is 3.60. The number of pyridine rings is 1. The third-order valence-corrected chi connectivity index (χ3v) is 5.15. The van der Waals surface area contributed by atoms with Crippen LogP contribution in [0.25, 0.3) is 0 Å². The third kappa shape index (κ3) is 4.18. The SMILES string of the molecule is COc1ccc([C@H]2C[C@@H](C(F)(F)F)n3nc(C(=O)Nc4cccnc4)cc3N2)cc1OC. The number of hydrogen-bond donors (Lipinski definition) is 2. The van der Waals surface area contributed by atoms with Gasteiger partial charge in [0.2, 0.25) is 0 Å². The van der Waals surface area contributed by atoms with E-state index in [0.717, 1.165) is 4.68 Å². The topological polar surface area (TPSA) is 90.3 Å². The summed E-state index contributed by atoms with van der Waals surface area (Å²) in [6.45, 7) is 0. The van der Waals surface area contributed by atoms with Crippen LogP contribution in [0, 0.1) is 0 Å². The number of anilines is 2. The van der Waals surface area contributed by atoms with Gasteiger partial charge in [-0.1, -0.05) is 6.07 Å². The van der Waals surface area contributed by atoms with Gasteiger partial charge < -0.3 is 20.1 Å². The Hall–Kier alpha value is -3.76. The van der Waals surface area contributed by atoms with Crippen LogP contribution >= 0.6 is 0 Å². The van der Waals surface area contributed by atoms with Gasteiger partial charge in [-0.2, -0.15) is 18.3 Å². The van der Waals surface area contributed by atoms with Gasteiger partial charge in [0.15, 0.2) is 23.2 Å². The van der Waals surface area contributed by atoms with Gasteiger partial charge in [-0.3, -0.25) is 9.78 Å². The van der Waals surface area contributed by atoms with Crippen molar-refractivity contribution >= 4 is 17.4 Å². The van der Waals surface area contributed by atoms with E-state index in [0.29, 0.717) is 22.7 Å². The number of benzene rings is 1. The van der Waals surface area contributed by atoms with Gasteiger partial charge in [0.25, 0.3) is 5.91 Å². The summed E-state index contributed by atoms with van der Waals surface area (Å²) in [4.78, 5) is 16.4. The second kappa shape index (κ2) is 8.40. The number of carbonyl (C=O) groups is 1. The van der Waals surface area contributed by atoms with E-state index in [2.05, 4.69) is 20.7 Å². The van der Waals surface area contributed by atoms with Crippen LogP contribution in [0.1, 0.15) is 34.6 Å². The molecular weight excluding hydrogens is 427 g/mol. The lowest BCUT2D eigenvalue weighted by atomic mass is 9.96. The molecule has 1 aliphatic rings. The summed E-state index contributed by atoms with van der Waals surface area (Å²) in [5.41, 5.74) is 0.858. The second-order valence-corrected chi connectivity index (χ2v) is 7.16. The highest BCUT2D eigenvalue weighted by molar-refractivity contribution is 6.03. The number of halogens is 3. The molecule has 1 aliphatic heterocycles. The maximum Gasteiger partial charge on any atom is 0.410 e. The van der Waals surface area contributed by atoms with Crippen LogP contribution < -0.4 is 20.1 Å². The number of nitrogens with one attached hydrogen (secondary N) is 2. The summed E-state index contributed by atoms with van der Waals surface area (Å²) in [6, 6.07) is 6.90. The number of aromatic nitrogens is 3. The number of methoxy groups -OCH3 is 2. The molecular formula is C21H20F3N5O3. The highest BCUT2D eigenvalue weighted by atomic mass is 19.4. The molecule has 168 valence electrons. The van der Waals surface area contributed by atoms with Gasteiger partial charge in [-0.25, -0.2) is 4.68 Å². The van der Waals surface area contributed by atoms with Crippen molar-refractivity contribution in [3.05, 3.63) is 60.0 Å². The highest BCUT2D eigenvalue weighted by Crippen LogP contribution is 2.44. The average molecular weight is 447 g/mol. The van der Waals surface area contributed by atoms with E-state index >= 15 is 0 Å². The molecule has 2 atom stereocenters. The van der Waals surface area contributed by atoms with Gasteiger partial charge in [-0.05, 0) is 29.8 Å². The van der Waals surface area contributed by atoms with E-state index in [4.69, 9.17) is 9.47 Å². The van der Waals surface area contributed by atoms with E-state index in [1.54, 1.807) is 30.3 Å². The van der Waals surface area contributed by atoms with E-state index in [-0.39, 0.29) is 17.9 Å². The minimum atomic E-state index is -4.56. The Bertz CT molecular complexity index is 1120. The number of nitrogens with zero attached hydrogens (tertiary/aromatic N) is 3. The molecule has 8 nitrogen and oxygen atoms in total. The van der Waals surface area contributed by atoms with E-state index < -0.39 is 24.2 Å². The molecule has 0 saturated carbocycles. The maximum atomic E-state index is 13.9. The number of alkyl halides is 3. The Kier molecular flexibility index (Phi) is 5.64. The smallest absolute Gasteiger partial charge is 0.410 e. The molecule has 4 rings (SSSR count). The first-order valence-electron chi connectivity index (χ1n) is 9.66. The average Bonchev–Trinajstić information content (AvgIpc) is 3.22. The molecule has 0 spiro atoms. The van der Waals surface area contributed by atoms with Crippen LogP contribution in [-0.2, 0) is 0 Å². The number of fused-ring (bicyclic) bond motifs is 1. The summed E-state index contributed by atoms with van der Waals surface area (Å²) in [6.07, 6.45) is -1.90. The lowest BCUT2D eigenvalue weighted by molar-refractivity contribution is -0.173. The molecule has 2 aromatic heterocycles. The number of ether oxygens (including phenoxy) is 2. The molecule has 32 heavy (non-hydrogen) atoms. The number of amides is 1. The zero-order valence-corrected chi connectivity index (χ0v) is 17.2. The molecule has 0 bridgehead atoms. The number of hydrogen-bond acceptors (Lipinski definition) is 6. The van der Waals surface area contributed by atoms with Crippen molar-refractivity contribution in [1.29, 1.82) is 0 Å². The molecule has 0 saturated heterocycles. The molecule has 0 unspecified atom stereocenters. The van der Waals surface area contributed by atoms with Gasteiger partial charge in [0.05, 0.1) is 32.1 Å². The van der Waals surface area contributed by atoms with Crippen molar-refractivity contribution in [2.45, 2.75) is 24.7 Å². The van der Waals surface area contributed by atoms with Crippen LogP contribution in [0.15, 0.2) is 48.8 Å². The monoisotopic (exact) mass is 447 g/mol. The summed E-state index contributed by atoms with van der Waals surface area (Å²) >= 11 is 0. The van der Waals surface area contributed by atoms with Crippen molar-refractivity contribution in [2.75, 3.05) is 24.9 Å². The molecule has 1 aromatic carbocycles.